The maximum Gasteiger partial charge on any atom is 0.0468 e. The summed E-state index contributed by atoms with van der Waals surface area (Å²) in [4.78, 5) is 2.28. The predicted octanol–water partition coefficient (Wildman–Crippen LogP) is 1.61. The van der Waals surface area contributed by atoms with Gasteiger partial charge in [0.05, 0.1) is 0 Å². The highest BCUT2D eigenvalue weighted by molar-refractivity contribution is 4.71. The van der Waals surface area contributed by atoms with E-state index in [2.05, 4.69) is 25.9 Å². The lowest BCUT2D eigenvalue weighted by atomic mass is 9.87. The molecule has 0 amide bonds. The molecule has 1 aliphatic heterocycles. The molecule has 2 nitrogen and oxygen atoms in total. The fraction of sp³-hybridized carbons (Fsp3) is 1.00. The Balaban J connectivity index is 2.24. The summed E-state index contributed by atoms with van der Waals surface area (Å²) in [7, 11) is 4.30. The van der Waals surface area contributed by atoms with Crippen LogP contribution in [0.1, 0.15) is 19.8 Å². The van der Waals surface area contributed by atoms with Crippen LogP contribution < -0.4 is 0 Å². The van der Waals surface area contributed by atoms with Gasteiger partial charge in [0, 0.05) is 19.8 Å². The number of rotatable bonds is 3. The van der Waals surface area contributed by atoms with Gasteiger partial charge < -0.3 is 9.64 Å². The minimum absolute atomic E-state index is 0.823. The van der Waals surface area contributed by atoms with Gasteiger partial charge in [-0.25, -0.2) is 0 Å². The summed E-state index contributed by atoms with van der Waals surface area (Å²) in [5.74, 6) is 1.71. The third-order valence-electron chi connectivity index (χ3n) is 2.72. The summed E-state index contributed by atoms with van der Waals surface area (Å²) in [6.07, 6.45) is 2.52. The zero-order valence-corrected chi connectivity index (χ0v) is 8.55. The Morgan fingerprint density at radius 3 is 2.42 bits per heavy atom. The molecular formula is C10H21NO. The van der Waals surface area contributed by atoms with E-state index in [0.29, 0.717) is 0 Å². The van der Waals surface area contributed by atoms with E-state index >= 15 is 0 Å². The summed E-state index contributed by atoms with van der Waals surface area (Å²) < 4.78 is 5.34. The van der Waals surface area contributed by atoms with Crippen LogP contribution in [0.5, 0.6) is 0 Å². The summed E-state index contributed by atoms with van der Waals surface area (Å²) in [6, 6.07) is 0. The van der Waals surface area contributed by atoms with E-state index in [4.69, 9.17) is 4.74 Å². The van der Waals surface area contributed by atoms with Crippen molar-refractivity contribution in [1.29, 1.82) is 0 Å². The maximum atomic E-state index is 5.34. The molecule has 0 bridgehead atoms. The molecule has 0 saturated carbocycles. The molecule has 0 aliphatic carbocycles. The Kier molecular flexibility index (Phi) is 4.02. The van der Waals surface area contributed by atoms with Gasteiger partial charge >= 0.3 is 0 Å². The molecule has 1 atom stereocenters. The normalized spacial score (nSPS) is 23.0. The second-order valence-corrected chi connectivity index (χ2v) is 4.19. The van der Waals surface area contributed by atoms with Crippen LogP contribution in [-0.4, -0.2) is 38.8 Å². The lowest BCUT2D eigenvalue weighted by Gasteiger charge is -2.29. The molecule has 2 heteroatoms. The van der Waals surface area contributed by atoms with Crippen molar-refractivity contribution in [1.82, 2.24) is 4.90 Å². The number of ether oxygens (including phenoxy) is 1. The molecule has 72 valence electrons. The third kappa shape index (κ3) is 3.11. The topological polar surface area (TPSA) is 12.5 Å². The van der Waals surface area contributed by atoms with Gasteiger partial charge in [0.25, 0.3) is 0 Å². The van der Waals surface area contributed by atoms with Crippen molar-refractivity contribution in [3.63, 3.8) is 0 Å². The molecule has 0 spiro atoms. The van der Waals surface area contributed by atoms with Crippen molar-refractivity contribution in [2.45, 2.75) is 19.8 Å². The fourth-order valence-corrected chi connectivity index (χ4v) is 2.01. The lowest BCUT2D eigenvalue weighted by molar-refractivity contribution is 0.0451. The highest BCUT2D eigenvalue weighted by Gasteiger charge is 2.20. The monoisotopic (exact) mass is 171 g/mol. The smallest absolute Gasteiger partial charge is 0.0468 e. The summed E-state index contributed by atoms with van der Waals surface area (Å²) in [6.45, 7) is 5.52. The molecule has 0 N–H and O–H groups in total. The van der Waals surface area contributed by atoms with Crippen LogP contribution in [0.3, 0.4) is 0 Å². The van der Waals surface area contributed by atoms with Crippen LogP contribution >= 0.6 is 0 Å². The summed E-state index contributed by atoms with van der Waals surface area (Å²) in [5.41, 5.74) is 0. The van der Waals surface area contributed by atoms with E-state index in [1.807, 2.05) is 0 Å². The van der Waals surface area contributed by atoms with Crippen molar-refractivity contribution in [3.8, 4) is 0 Å². The predicted molar refractivity (Wildman–Crippen MR) is 51.3 cm³/mol. The second kappa shape index (κ2) is 4.83. The Morgan fingerprint density at radius 2 is 1.92 bits per heavy atom. The van der Waals surface area contributed by atoms with Crippen LogP contribution in [0.4, 0.5) is 0 Å². The van der Waals surface area contributed by atoms with Crippen LogP contribution in [0.15, 0.2) is 0 Å². The number of hydrogen-bond donors (Lipinski definition) is 0. The van der Waals surface area contributed by atoms with E-state index < -0.39 is 0 Å². The van der Waals surface area contributed by atoms with Crippen molar-refractivity contribution < 1.29 is 4.74 Å². The quantitative estimate of drug-likeness (QED) is 0.639. The van der Waals surface area contributed by atoms with Crippen LogP contribution in [0, 0.1) is 11.8 Å². The Labute approximate surface area is 75.9 Å². The molecule has 1 fully saturated rings. The van der Waals surface area contributed by atoms with E-state index in [1.54, 1.807) is 0 Å². The van der Waals surface area contributed by atoms with E-state index in [0.717, 1.165) is 25.0 Å². The SMILES string of the molecule is C[C@H](CN(C)C)C1CCOCC1. The van der Waals surface area contributed by atoms with Gasteiger partial charge in [-0.05, 0) is 38.8 Å². The highest BCUT2D eigenvalue weighted by atomic mass is 16.5. The molecule has 12 heavy (non-hydrogen) atoms. The lowest BCUT2D eigenvalue weighted by Crippen LogP contribution is -2.29. The number of nitrogens with zero attached hydrogens (tertiary/aromatic N) is 1. The van der Waals surface area contributed by atoms with Crippen LogP contribution in [0.2, 0.25) is 0 Å². The first kappa shape index (κ1) is 10.0. The molecular weight excluding hydrogens is 150 g/mol. The largest absolute Gasteiger partial charge is 0.381 e. The van der Waals surface area contributed by atoms with Gasteiger partial charge in [0.2, 0.25) is 0 Å². The van der Waals surface area contributed by atoms with Crippen molar-refractivity contribution in [2.24, 2.45) is 11.8 Å². The van der Waals surface area contributed by atoms with Crippen LogP contribution in [0.25, 0.3) is 0 Å². The van der Waals surface area contributed by atoms with E-state index in [1.165, 1.54) is 19.4 Å². The second-order valence-electron chi connectivity index (χ2n) is 4.19. The molecule has 0 unspecified atom stereocenters. The average Bonchev–Trinajstić information content (AvgIpc) is 2.05. The van der Waals surface area contributed by atoms with Gasteiger partial charge in [-0.3, -0.25) is 0 Å². The van der Waals surface area contributed by atoms with Gasteiger partial charge in [-0.15, -0.1) is 0 Å². The van der Waals surface area contributed by atoms with E-state index in [-0.39, 0.29) is 0 Å². The number of hydrogen-bond acceptors (Lipinski definition) is 2. The first-order valence-electron chi connectivity index (χ1n) is 4.92. The Morgan fingerprint density at radius 1 is 1.33 bits per heavy atom. The highest BCUT2D eigenvalue weighted by Crippen LogP contribution is 2.23. The minimum atomic E-state index is 0.823. The summed E-state index contributed by atoms with van der Waals surface area (Å²) >= 11 is 0. The van der Waals surface area contributed by atoms with Gasteiger partial charge in [-0.1, -0.05) is 6.92 Å². The Bertz CT molecular complexity index is 119. The maximum absolute atomic E-state index is 5.34. The molecule has 0 aromatic carbocycles. The average molecular weight is 171 g/mol. The van der Waals surface area contributed by atoms with Gasteiger partial charge in [-0.2, -0.15) is 0 Å². The fourth-order valence-electron chi connectivity index (χ4n) is 2.01. The first-order chi connectivity index (χ1) is 5.70. The molecule has 1 aliphatic rings. The standard InChI is InChI=1S/C10H21NO/c1-9(8-11(2)3)10-4-6-12-7-5-10/h9-10H,4-8H2,1-3H3/t9-/m1/s1. The molecule has 1 heterocycles. The van der Waals surface area contributed by atoms with Gasteiger partial charge in [0.1, 0.15) is 0 Å². The van der Waals surface area contributed by atoms with Gasteiger partial charge in [0.15, 0.2) is 0 Å². The molecule has 1 rings (SSSR count). The van der Waals surface area contributed by atoms with Crippen molar-refractivity contribution in [2.75, 3.05) is 33.9 Å². The molecule has 0 aromatic rings. The Hall–Kier alpha value is -0.0800. The zero-order valence-electron chi connectivity index (χ0n) is 8.55. The first-order valence-corrected chi connectivity index (χ1v) is 4.92. The van der Waals surface area contributed by atoms with Crippen LogP contribution in [-0.2, 0) is 4.74 Å². The van der Waals surface area contributed by atoms with E-state index in [9.17, 15) is 0 Å². The molecule has 0 aromatic heterocycles. The van der Waals surface area contributed by atoms with Crippen molar-refractivity contribution in [3.05, 3.63) is 0 Å². The molecule has 0 radical (unpaired) electrons. The van der Waals surface area contributed by atoms with Crippen molar-refractivity contribution >= 4 is 0 Å². The summed E-state index contributed by atoms with van der Waals surface area (Å²) in [5, 5.41) is 0. The molecule has 1 saturated heterocycles. The zero-order chi connectivity index (χ0) is 8.97. The minimum Gasteiger partial charge on any atom is -0.381 e. The third-order valence-corrected chi connectivity index (χ3v) is 2.72.